The number of nitrogens with one attached hydrogen (secondary N) is 1. The number of ether oxygens (including phenoxy) is 3. The summed E-state index contributed by atoms with van der Waals surface area (Å²) >= 11 is 0. The molecule has 122 valence electrons. The van der Waals surface area contributed by atoms with E-state index in [0.29, 0.717) is 19.8 Å². The van der Waals surface area contributed by atoms with E-state index in [4.69, 9.17) is 14.2 Å². The van der Waals surface area contributed by atoms with Crippen molar-refractivity contribution in [2.45, 2.75) is 44.8 Å². The van der Waals surface area contributed by atoms with Crippen molar-refractivity contribution >= 4 is 5.82 Å². The first-order valence-electron chi connectivity index (χ1n) is 8.09. The number of anilines is 1. The maximum atomic E-state index is 5.57. The van der Waals surface area contributed by atoms with E-state index in [1.807, 2.05) is 13.8 Å². The Kier molecular flexibility index (Phi) is 4.49. The van der Waals surface area contributed by atoms with Crippen molar-refractivity contribution in [2.24, 2.45) is 5.92 Å². The molecule has 0 unspecified atom stereocenters. The van der Waals surface area contributed by atoms with Crippen LogP contribution in [0.4, 0.5) is 5.82 Å². The topological polar surface area (TPSA) is 65.5 Å². The van der Waals surface area contributed by atoms with Crippen molar-refractivity contribution < 1.29 is 14.2 Å². The first-order valence-corrected chi connectivity index (χ1v) is 8.09. The SMILES string of the molecule is CCOC(CNc1nncc(OC)c1C12CC(C1)C2)OCC. The van der Waals surface area contributed by atoms with Gasteiger partial charge in [-0.1, -0.05) is 0 Å². The van der Waals surface area contributed by atoms with Crippen LogP contribution < -0.4 is 10.1 Å². The average molecular weight is 307 g/mol. The molecule has 3 aliphatic carbocycles. The van der Waals surface area contributed by atoms with Crippen LogP contribution in [0.5, 0.6) is 5.75 Å². The van der Waals surface area contributed by atoms with Crippen molar-refractivity contribution in [3.05, 3.63) is 11.8 Å². The van der Waals surface area contributed by atoms with Gasteiger partial charge in [0.25, 0.3) is 0 Å². The Morgan fingerprint density at radius 2 is 1.95 bits per heavy atom. The molecule has 0 radical (unpaired) electrons. The van der Waals surface area contributed by atoms with Gasteiger partial charge in [-0.25, -0.2) is 0 Å². The van der Waals surface area contributed by atoms with Crippen LogP contribution in [0.2, 0.25) is 0 Å². The van der Waals surface area contributed by atoms with E-state index < -0.39 is 0 Å². The van der Waals surface area contributed by atoms with Crippen molar-refractivity contribution in [1.82, 2.24) is 10.2 Å². The van der Waals surface area contributed by atoms with Crippen LogP contribution in [0.15, 0.2) is 6.20 Å². The molecule has 0 spiro atoms. The summed E-state index contributed by atoms with van der Waals surface area (Å²) in [5.74, 6) is 2.53. The predicted molar refractivity (Wildman–Crippen MR) is 83.1 cm³/mol. The van der Waals surface area contributed by atoms with E-state index in [2.05, 4.69) is 15.5 Å². The first kappa shape index (κ1) is 15.5. The lowest BCUT2D eigenvalue weighted by molar-refractivity contribution is -0.126. The number of methoxy groups -OCH3 is 1. The Balaban J connectivity index is 1.75. The maximum absolute atomic E-state index is 5.57. The Bertz CT molecular complexity index is 500. The Hall–Kier alpha value is -1.40. The van der Waals surface area contributed by atoms with Crippen LogP contribution in [0, 0.1) is 5.92 Å². The molecule has 1 aromatic rings. The molecule has 0 aliphatic heterocycles. The lowest BCUT2D eigenvalue weighted by Gasteiger charge is -2.62. The summed E-state index contributed by atoms with van der Waals surface area (Å²) in [5, 5.41) is 11.7. The van der Waals surface area contributed by atoms with Crippen molar-refractivity contribution in [3.63, 3.8) is 0 Å². The predicted octanol–water partition coefficient (Wildman–Crippen LogP) is 2.35. The van der Waals surface area contributed by atoms with Gasteiger partial charge in [-0.3, -0.25) is 0 Å². The summed E-state index contributed by atoms with van der Waals surface area (Å²) < 4.78 is 16.7. The van der Waals surface area contributed by atoms with Crippen LogP contribution in [-0.4, -0.2) is 43.4 Å². The van der Waals surface area contributed by atoms with Gasteiger partial charge in [0.2, 0.25) is 0 Å². The monoisotopic (exact) mass is 307 g/mol. The molecule has 2 bridgehead atoms. The smallest absolute Gasteiger partial charge is 0.174 e. The summed E-state index contributed by atoms with van der Waals surface area (Å²) in [6.07, 6.45) is 5.16. The molecule has 1 aromatic heterocycles. The van der Waals surface area contributed by atoms with E-state index in [1.165, 1.54) is 24.8 Å². The molecular weight excluding hydrogens is 282 g/mol. The fourth-order valence-electron chi connectivity index (χ4n) is 3.66. The van der Waals surface area contributed by atoms with Crippen molar-refractivity contribution in [2.75, 3.05) is 32.2 Å². The number of rotatable bonds is 9. The zero-order chi connectivity index (χ0) is 15.6. The molecule has 3 saturated carbocycles. The van der Waals surface area contributed by atoms with Gasteiger partial charge in [0.05, 0.1) is 19.9 Å². The Morgan fingerprint density at radius 1 is 1.27 bits per heavy atom. The second-order valence-corrected chi connectivity index (χ2v) is 6.12. The van der Waals surface area contributed by atoms with Gasteiger partial charge < -0.3 is 19.5 Å². The summed E-state index contributed by atoms with van der Waals surface area (Å²) in [5.41, 5.74) is 1.43. The summed E-state index contributed by atoms with van der Waals surface area (Å²) in [6.45, 7) is 5.72. The van der Waals surface area contributed by atoms with E-state index in [0.717, 1.165) is 17.5 Å². The van der Waals surface area contributed by atoms with Gasteiger partial charge in [0, 0.05) is 24.2 Å². The summed E-state index contributed by atoms with van der Waals surface area (Å²) in [4.78, 5) is 0. The second kappa shape index (κ2) is 6.38. The molecule has 4 rings (SSSR count). The quantitative estimate of drug-likeness (QED) is 0.707. The van der Waals surface area contributed by atoms with Gasteiger partial charge >= 0.3 is 0 Å². The molecule has 1 heterocycles. The molecule has 22 heavy (non-hydrogen) atoms. The van der Waals surface area contributed by atoms with E-state index in [-0.39, 0.29) is 11.7 Å². The highest BCUT2D eigenvalue weighted by atomic mass is 16.7. The molecule has 6 heteroatoms. The van der Waals surface area contributed by atoms with E-state index in [9.17, 15) is 0 Å². The zero-order valence-electron chi connectivity index (χ0n) is 13.6. The maximum Gasteiger partial charge on any atom is 0.174 e. The summed E-state index contributed by atoms with van der Waals surface area (Å²) in [6, 6.07) is 0. The van der Waals surface area contributed by atoms with Crippen LogP contribution in [-0.2, 0) is 14.9 Å². The molecule has 6 nitrogen and oxygen atoms in total. The molecule has 0 atom stereocenters. The van der Waals surface area contributed by atoms with E-state index in [1.54, 1.807) is 13.3 Å². The first-order chi connectivity index (χ1) is 10.7. The molecular formula is C16H25N3O3. The summed E-state index contributed by atoms with van der Waals surface area (Å²) in [7, 11) is 1.69. The molecule has 1 N–H and O–H groups in total. The average Bonchev–Trinajstić information content (AvgIpc) is 2.43. The van der Waals surface area contributed by atoms with Gasteiger partial charge in [-0.05, 0) is 39.0 Å². The van der Waals surface area contributed by atoms with Gasteiger partial charge in [-0.2, -0.15) is 5.10 Å². The Labute approximate surface area is 131 Å². The van der Waals surface area contributed by atoms with Gasteiger partial charge in [0.15, 0.2) is 12.1 Å². The minimum absolute atomic E-state index is 0.251. The van der Waals surface area contributed by atoms with Gasteiger partial charge in [-0.15, -0.1) is 5.10 Å². The highest BCUT2D eigenvalue weighted by molar-refractivity contribution is 5.58. The number of nitrogens with zero attached hydrogens (tertiary/aromatic N) is 2. The minimum Gasteiger partial charge on any atom is -0.495 e. The van der Waals surface area contributed by atoms with E-state index >= 15 is 0 Å². The van der Waals surface area contributed by atoms with Crippen LogP contribution in [0.1, 0.15) is 38.7 Å². The molecule has 0 aromatic carbocycles. The highest BCUT2D eigenvalue weighted by Crippen LogP contribution is 2.67. The minimum atomic E-state index is -0.274. The lowest BCUT2D eigenvalue weighted by atomic mass is 9.42. The van der Waals surface area contributed by atoms with Crippen LogP contribution in [0.3, 0.4) is 0 Å². The molecule has 3 fully saturated rings. The largest absolute Gasteiger partial charge is 0.495 e. The number of aromatic nitrogens is 2. The lowest BCUT2D eigenvalue weighted by Crippen LogP contribution is -2.55. The zero-order valence-corrected chi connectivity index (χ0v) is 13.6. The fourth-order valence-corrected chi connectivity index (χ4v) is 3.66. The van der Waals surface area contributed by atoms with Gasteiger partial charge in [0.1, 0.15) is 5.75 Å². The molecule has 0 amide bonds. The Morgan fingerprint density at radius 3 is 2.45 bits per heavy atom. The fraction of sp³-hybridized carbons (Fsp3) is 0.750. The van der Waals surface area contributed by atoms with Crippen LogP contribution >= 0.6 is 0 Å². The number of hydrogen-bond acceptors (Lipinski definition) is 6. The van der Waals surface area contributed by atoms with Crippen molar-refractivity contribution in [1.29, 1.82) is 0 Å². The normalized spacial score (nSPS) is 25.5. The second-order valence-electron chi connectivity index (χ2n) is 6.12. The van der Waals surface area contributed by atoms with Crippen LogP contribution in [0.25, 0.3) is 0 Å². The third kappa shape index (κ3) is 2.65. The number of hydrogen-bond donors (Lipinski definition) is 1. The molecule has 0 saturated heterocycles. The van der Waals surface area contributed by atoms with Crippen molar-refractivity contribution in [3.8, 4) is 5.75 Å². The third-order valence-corrected chi connectivity index (χ3v) is 4.75. The standard InChI is InChI=1S/C16H25N3O3/c1-4-21-13(22-5-2)10-17-15-14(12(20-3)9-18-19-15)16-6-11(7-16)8-16/h9,11,13H,4-8,10H2,1-3H3,(H,17,19). The molecule has 3 aliphatic rings. The highest BCUT2D eigenvalue weighted by Gasteiger charge is 2.59. The third-order valence-electron chi connectivity index (χ3n) is 4.75.